The Morgan fingerprint density at radius 1 is 1.17 bits per heavy atom. The highest BCUT2D eigenvalue weighted by Crippen LogP contribution is 2.66. The number of nitrogens with zero attached hydrogens (tertiary/aromatic N) is 1. The van der Waals surface area contributed by atoms with Crippen LogP contribution in [0.15, 0.2) is 28.0 Å². The Morgan fingerprint density at radius 3 is 2.55 bits per heavy atom. The maximum Gasteiger partial charge on any atom is 0.302 e. The fraction of sp³-hybridized carbons (Fsp3) is 0.708. The van der Waals surface area contributed by atoms with Crippen LogP contribution in [0.1, 0.15) is 72.6 Å². The van der Waals surface area contributed by atoms with Gasteiger partial charge in [0.15, 0.2) is 0 Å². The van der Waals surface area contributed by atoms with Gasteiger partial charge in [0.25, 0.3) is 0 Å². The summed E-state index contributed by atoms with van der Waals surface area (Å²) in [5.41, 5.74) is 3.93. The van der Waals surface area contributed by atoms with Gasteiger partial charge in [-0.25, -0.2) is 0 Å². The van der Waals surface area contributed by atoms with Gasteiger partial charge in [-0.05, 0) is 85.2 Å². The molecule has 158 valence electrons. The molecule has 1 N–H and O–H groups in total. The SMILES string of the molecule is CC(=O)OC1CC[C@@]2(C)C(=CC[C@@H]3[C@@H]2CC[C@]2(C)C(/C(C)=N/O)=C(C=O)C[C@@H]32)C1. The highest BCUT2D eigenvalue weighted by Gasteiger charge is 2.58. The molecule has 0 aromatic rings. The highest BCUT2D eigenvalue weighted by atomic mass is 16.5. The number of aldehydes is 1. The van der Waals surface area contributed by atoms with Crippen molar-refractivity contribution >= 4 is 18.0 Å². The Balaban J connectivity index is 1.64. The first-order chi connectivity index (χ1) is 13.7. The van der Waals surface area contributed by atoms with Crippen LogP contribution in [-0.2, 0) is 14.3 Å². The van der Waals surface area contributed by atoms with Gasteiger partial charge in [0, 0.05) is 13.3 Å². The Kier molecular flexibility index (Phi) is 4.99. The van der Waals surface area contributed by atoms with E-state index in [9.17, 15) is 14.8 Å². The molecule has 0 saturated heterocycles. The number of ether oxygens (including phenoxy) is 1. The van der Waals surface area contributed by atoms with E-state index in [0.29, 0.717) is 23.5 Å². The van der Waals surface area contributed by atoms with Crippen LogP contribution < -0.4 is 0 Å². The highest BCUT2D eigenvalue weighted by molar-refractivity contribution is 6.04. The van der Waals surface area contributed by atoms with E-state index in [1.165, 1.54) is 12.5 Å². The minimum absolute atomic E-state index is 0.0158. The number of allylic oxidation sites excluding steroid dienone is 3. The van der Waals surface area contributed by atoms with Gasteiger partial charge in [-0.15, -0.1) is 0 Å². The third kappa shape index (κ3) is 3.00. The van der Waals surface area contributed by atoms with Crippen molar-refractivity contribution < 1.29 is 19.5 Å². The van der Waals surface area contributed by atoms with Crippen LogP contribution >= 0.6 is 0 Å². The van der Waals surface area contributed by atoms with E-state index < -0.39 is 0 Å². The number of rotatable bonds is 3. The van der Waals surface area contributed by atoms with Crippen LogP contribution in [0.25, 0.3) is 0 Å². The van der Waals surface area contributed by atoms with Crippen molar-refractivity contribution in [1.29, 1.82) is 0 Å². The molecular formula is C24H33NO4. The molecule has 0 spiro atoms. The molecule has 4 aliphatic rings. The van der Waals surface area contributed by atoms with Crippen molar-refractivity contribution in [3.05, 3.63) is 22.8 Å². The maximum atomic E-state index is 11.9. The third-order valence-corrected chi connectivity index (χ3v) is 8.77. The topological polar surface area (TPSA) is 76.0 Å². The van der Waals surface area contributed by atoms with Gasteiger partial charge in [-0.3, -0.25) is 9.59 Å². The van der Waals surface area contributed by atoms with Crippen molar-refractivity contribution in [3.8, 4) is 0 Å². The summed E-state index contributed by atoms with van der Waals surface area (Å²) in [5.74, 6) is 1.35. The molecule has 1 unspecified atom stereocenters. The number of hydrogen-bond acceptors (Lipinski definition) is 5. The van der Waals surface area contributed by atoms with Crippen LogP contribution in [0.5, 0.6) is 0 Å². The number of oxime groups is 1. The summed E-state index contributed by atoms with van der Waals surface area (Å²) in [6.45, 7) is 7.99. The fourth-order valence-corrected chi connectivity index (χ4v) is 7.48. The summed E-state index contributed by atoms with van der Waals surface area (Å²) in [6.07, 6.45) is 10.2. The summed E-state index contributed by atoms with van der Waals surface area (Å²) >= 11 is 0. The van der Waals surface area contributed by atoms with E-state index in [2.05, 4.69) is 25.1 Å². The second-order valence-electron chi connectivity index (χ2n) is 10.1. The monoisotopic (exact) mass is 399 g/mol. The zero-order valence-electron chi connectivity index (χ0n) is 18.0. The first-order valence-electron chi connectivity index (χ1n) is 11.0. The lowest BCUT2D eigenvalue weighted by atomic mass is 9.47. The predicted octanol–water partition coefficient (Wildman–Crippen LogP) is 4.84. The van der Waals surface area contributed by atoms with Gasteiger partial charge in [0.2, 0.25) is 0 Å². The molecule has 4 rings (SSSR count). The molecule has 0 radical (unpaired) electrons. The zero-order valence-corrected chi connectivity index (χ0v) is 18.0. The van der Waals surface area contributed by atoms with Crippen molar-refractivity contribution in [2.24, 2.45) is 33.7 Å². The van der Waals surface area contributed by atoms with Gasteiger partial charge in [-0.2, -0.15) is 0 Å². The van der Waals surface area contributed by atoms with Crippen molar-refractivity contribution in [2.45, 2.75) is 78.7 Å². The normalized spacial score (nSPS) is 41.8. The Labute approximate surface area is 173 Å². The maximum absolute atomic E-state index is 11.9. The van der Waals surface area contributed by atoms with Crippen LogP contribution in [0, 0.1) is 28.6 Å². The molecular weight excluding hydrogens is 366 g/mol. The molecule has 2 fully saturated rings. The van der Waals surface area contributed by atoms with Gasteiger partial charge in [0.05, 0.1) is 5.71 Å². The molecule has 0 aliphatic heterocycles. The molecule has 5 heteroatoms. The van der Waals surface area contributed by atoms with E-state index in [4.69, 9.17) is 4.74 Å². The lowest BCUT2D eigenvalue weighted by Gasteiger charge is -2.57. The largest absolute Gasteiger partial charge is 0.462 e. The van der Waals surface area contributed by atoms with Crippen LogP contribution in [0.4, 0.5) is 0 Å². The van der Waals surface area contributed by atoms with Crippen molar-refractivity contribution in [1.82, 2.24) is 0 Å². The van der Waals surface area contributed by atoms with Crippen molar-refractivity contribution in [3.63, 3.8) is 0 Å². The molecule has 0 amide bonds. The van der Waals surface area contributed by atoms with E-state index in [-0.39, 0.29) is 22.9 Å². The number of carbonyl (C=O) groups is 2. The lowest BCUT2D eigenvalue weighted by molar-refractivity contribution is -0.148. The molecule has 0 aromatic heterocycles. The molecule has 2 saturated carbocycles. The lowest BCUT2D eigenvalue weighted by Crippen LogP contribution is -2.50. The molecule has 0 aromatic carbocycles. The first kappa shape index (κ1) is 20.4. The van der Waals surface area contributed by atoms with Gasteiger partial charge >= 0.3 is 5.97 Å². The quantitative estimate of drug-likeness (QED) is 0.184. The molecule has 0 bridgehead atoms. The zero-order chi connectivity index (χ0) is 21.0. The van der Waals surface area contributed by atoms with E-state index in [0.717, 1.165) is 62.4 Å². The molecule has 0 heterocycles. The number of fused-ring (bicyclic) bond motifs is 5. The first-order valence-corrected chi connectivity index (χ1v) is 11.0. The number of hydrogen-bond donors (Lipinski definition) is 1. The second kappa shape index (κ2) is 7.10. The van der Waals surface area contributed by atoms with E-state index in [1.54, 1.807) is 0 Å². The Bertz CT molecular complexity index is 825. The molecule has 4 aliphatic carbocycles. The average molecular weight is 400 g/mol. The molecule has 29 heavy (non-hydrogen) atoms. The van der Waals surface area contributed by atoms with Crippen LogP contribution in [0.3, 0.4) is 0 Å². The van der Waals surface area contributed by atoms with Gasteiger partial charge in [-0.1, -0.05) is 30.7 Å². The summed E-state index contributed by atoms with van der Waals surface area (Å²) in [6, 6.07) is 0. The van der Waals surface area contributed by atoms with Crippen molar-refractivity contribution in [2.75, 3.05) is 0 Å². The summed E-state index contributed by atoms with van der Waals surface area (Å²) in [4.78, 5) is 23.3. The molecule has 6 atom stereocenters. The summed E-state index contributed by atoms with van der Waals surface area (Å²) < 4.78 is 5.53. The smallest absolute Gasteiger partial charge is 0.302 e. The summed E-state index contributed by atoms with van der Waals surface area (Å²) in [5, 5.41) is 12.9. The minimum Gasteiger partial charge on any atom is -0.462 e. The van der Waals surface area contributed by atoms with Crippen LogP contribution in [0.2, 0.25) is 0 Å². The third-order valence-electron chi connectivity index (χ3n) is 8.77. The average Bonchev–Trinajstić information content (AvgIpc) is 2.99. The summed E-state index contributed by atoms with van der Waals surface area (Å²) in [7, 11) is 0. The molecule has 5 nitrogen and oxygen atoms in total. The van der Waals surface area contributed by atoms with Gasteiger partial charge in [0.1, 0.15) is 12.4 Å². The van der Waals surface area contributed by atoms with Gasteiger partial charge < -0.3 is 9.94 Å². The van der Waals surface area contributed by atoms with Crippen LogP contribution in [-0.4, -0.2) is 29.3 Å². The standard InChI is InChI=1S/C24H33NO4/c1-14(25-28)22-16(13-26)11-21-19-6-5-17-12-18(29-15(2)27)7-9-23(17,3)20(19)8-10-24(21,22)4/h5,13,18-21,28H,6-12H2,1-4H3/b25-14+/t18?,19-,20+,21+,23+,24+/m1/s1. The minimum atomic E-state index is -0.187. The Hall–Kier alpha value is -1.91. The predicted molar refractivity (Wildman–Crippen MR) is 111 cm³/mol. The fourth-order valence-electron chi connectivity index (χ4n) is 7.48. The van der Waals surface area contributed by atoms with E-state index >= 15 is 0 Å². The number of carbonyl (C=O) groups excluding carboxylic acids is 2. The number of esters is 1. The Morgan fingerprint density at radius 2 is 1.90 bits per heavy atom. The van der Waals surface area contributed by atoms with E-state index in [1.807, 2.05) is 6.92 Å². The second-order valence-corrected chi connectivity index (χ2v) is 10.1.